The van der Waals surface area contributed by atoms with Crippen molar-refractivity contribution in [3.05, 3.63) is 10.2 Å². The first-order valence-corrected chi connectivity index (χ1v) is 4.05. The van der Waals surface area contributed by atoms with Gasteiger partial charge in [-0.15, -0.1) is 0 Å². The summed E-state index contributed by atoms with van der Waals surface area (Å²) in [4.78, 5) is 0. The molecule has 1 aromatic heterocycles. The van der Waals surface area contributed by atoms with Crippen LogP contribution in [0.4, 0.5) is 5.82 Å². The Balaban J connectivity index is 2.98. The van der Waals surface area contributed by atoms with Crippen molar-refractivity contribution in [3.8, 4) is 0 Å². The fraction of sp³-hybridized carbons (Fsp3) is 0.500. The second kappa shape index (κ2) is 3.23. The third kappa shape index (κ3) is 1.54. The maximum atomic E-state index is 8.61. The second-order valence-electron chi connectivity index (χ2n) is 2.23. The molecule has 0 bridgehead atoms. The molecular weight excluding hydrogens is 210 g/mol. The molecule has 11 heavy (non-hydrogen) atoms. The number of aryl methyl sites for hydroxylation is 1. The van der Waals surface area contributed by atoms with E-state index in [1.807, 2.05) is 6.92 Å². The molecule has 0 saturated carbocycles. The van der Waals surface area contributed by atoms with Crippen molar-refractivity contribution in [2.75, 3.05) is 12.3 Å². The Morgan fingerprint density at radius 3 is 2.73 bits per heavy atom. The third-order valence-corrected chi connectivity index (χ3v) is 2.38. The molecule has 0 atom stereocenters. The number of hydrogen-bond donors (Lipinski definition) is 2. The van der Waals surface area contributed by atoms with Gasteiger partial charge in [0.15, 0.2) is 0 Å². The molecule has 62 valence electrons. The van der Waals surface area contributed by atoms with E-state index in [1.54, 1.807) is 4.68 Å². The van der Waals surface area contributed by atoms with Gasteiger partial charge in [-0.3, -0.25) is 0 Å². The number of nitrogen functional groups attached to an aromatic ring is 1. The van der Waals surface area contributed by atoms with Crippen LogP contribution in [0.1, 0.15) is 5.69 Å². The predicted octanol–water partition coefficient (Wildman–Crippen LogP) is 0.529. The van der Waals surface area contributed by atoms with E-state index in [2.05, 4.69) is 21.0 Å². The summed E-state index contributed by atoms with van der Waals surface area (Å²) in [6.45, 7) is 2.35. The minimum absolute atomic E-state index is 0.0533. The Labute approximate surface area is 73.1 Å². The van der Waals surface area contributed by atoms with Crippen LogP contribution in [0.3, 0.4) is 0 Å². The average Bonchev–Trinajstić information content (AvgIpc) is 2.19. The van der Waals surface area contributed by atoms with Crippen molar-refractivity contribution in [1.29, 1.82) is 0 Å². The maximum absolute atomic E-state index is 8.61. The van der Waals surface area contributed by atoms with Gasteiger partial charge >= 0.3 is 0 Å². The van der Waals surface area contributed by atoms with Crippen molar-refractivity contribution in [3.63, 3.8) is 0 Å². The summed E-state index contributed by atoms with van der Waals surface area (Å²) in [6.07, 6.45) is 0. The van der Waals surface area contributed by atoms with Gasteiger partial charge in [0.1, 0.15) is 5.82 Å². The number of aromatic nitrogens is 2. The van der Waals surface area contributed by atoms with Crippen LogP contribution in [0, 0.1) is 6.92 Å². The lowest BCUT2D eigenvalue weighted by Gasteiger charge is -1.98. The lowest BCUT2D eigenvalue weighted by atomic mass is 10.5. The number of halogens is 1. The molecule has 0 fully saturated rings. The first-order valence-electron chi connectivity index (χ1n) is 3.26. The fourth-order valence-electron chi connectivity index (χ4n) is 0.843. The molecule has 5 heteroatoms. The highest BCUT2D eigenvalue weighted by Crippen LogP contribution is 2.22. The summed E-state index contributed by atoms with van der Waals surface area (Å²) < 4.78 is 2.38. The van der Waals surface area contributed by atoms with Crippen LogP contribution in [0.2, 0.25) is 0 Å². The largest absolute Gasteiger partial charge is 0.394 e. The van der Waals surface area contributed by atoms with Gasteiger partial charge in [0.05, 0.1) is 23.3 Å². The van der Waals surface area contributed by atoms with E-state index in [0.717, 1.165) is 10.2 Å². The van der Waals surface area contributed by atoms with Crippen LogP contribution in [0.5, 0.6) is 0 Å². The van der Waals surface area contributed by atoms with E-state index in [9.17, 15) is 0 Å². The molecule has 1 aromatic rings. The predicted molar refractivity (Wildman–Crippen MR) is 46.2 cm³/mol. The number of aliphatic hydroxyl groups excluding tert-OH is 1. The van der Waals surface area contributed by atoms with E-state index < -0.39 is 0 Å². The molecule has 0 aliphatic carbocycles. The Kier molecular flexibility index (Phi) is 2.51. The van der Waals surface area contributed by atoms with Crippen molar-refractivity contribution in [2.24, 2.45) is 0 Å². The Morgan fingerprint density at radius 2 is 2.36 bits per heavy atom. The van der Waals surface area contributed by atoms with Crippen LogP contribution in [0.15, 0.2) is 4.47 Å². The zero-order chi connectivity index (χ0) is 8.43. The SMILES string of the molecule is Cc1nn(CCO)c(N)c1Br. The van der Waals surface area contributed by atoms with Crippen LogP contribution < -0.4 is 5.73 Å². The topological polar surface area (TPSA) is 64.1 Å². The standard InChI is InChI=1S/C6H10BrN3O/c1-4-5(7)6(8)10(9-4)2-3-11/h11H,2-3,8H2,1H3. The van der Waals surface area contributed by atoms with Crippen molar-refractivity contribution < 1.29 is 5.11 Å². The van der Waals surface area contributed by atoms with Crippen LogP contribution >= 0.6 is 15.9 Å². The monoisotopic (exact) mass is 219 g/mol. The third-order valence-electron chi connectivity index (χ3n) is 1.40. The second-order valence-corrected chi connectivity index (χ2v) is 3.02. The van der Waals surface area contributed by atoms with Gasteiger partial charge in [-0.2, -0.15) is 5.10 Å². The number of aliphatic hydroxyl groups is 1. The van der Waals surface area contributed by atoms with E-state index >= 15 is 0 Å². The molecule has 1 rings (SSSR count). The van der Waals surface area contributed by atoms with Crippen LogP contribution in [0.25, 0.3) is 0 Å². The maximum Gasteiger partial charge on any atom is 0.136 e. The summed E-state index contributed by atoms with van der Waals surface area (Å²) in [5.74, 6) is 0.566. The van der Waals surface area contributed by atoms with Crippen molar-refractivity contribution >= 4 is 21.7 Å². The van der Waals surface area contributed by atoms with E-state index in [0.29, 0.717) is 12.4 Å². The quantitative estimate of drug-likeness (QED) is 0.763. The summed E-state index contributed by atoms with van der Waals surface area (Å²) in [5.41, 5.74) is 6.48. The number of rotatable bonds is 2. The molecule has 4 nitrogen and oxygen atoms in total. The number of hydrogen-bond acceptors (Lipinski definition) is 3. The molecular formula is C6H10BrN3O. The van der Waals surface area contributed by atoms with E-state index in [1.165, 1.54) is 0 Å². The number of nitrogens with two attached hydrogens (primary N) is 1. The average molecular weight is 220 g/mol. The number of anilines is 1. The van der Waals surface area contributed by atoms with Crippen LogP contribution in [-0.4, -0.2) is 21.5 Å². The summed E-state index contributed by atoms with van der Waals surface area (Å²) in [5, 5.41) is 12.7. The lowest BCUT2D eigenvalue weighted by molar-refractivity contribution is 0.270. The molecule has 0 aromatic carbocycles. The molecule has 0 spiro atoms. The molecule has 0 amide bonds. The van der Waals surface area contributed by atoms with Gasteiger partial charge < -0.3 is 10.8 Å². The molecule has 0 unspecified atom stereocenters. The molecule has 0 aliphatic rings. The van der Waals surface area contributed by atoms with Gasteiger partial charge in [0, 0.05) is 0 Å². The first-order chi connectivity index (χ1) is 5.16. The van der Waals surface area contributed by atoms with Crippen LogP contribution in [-0.2, 0) is 6.54 Å². The highest BCUT2D eigenvalue weighted by molar-refractivity contribution is 9.10. The Bertz CT molecular complexity index is 259. The highest BCUT2D eigenvalue weighted by atomic mass is 79.9. The highest BCUT2D eigenvalue weighted by Gasteiger charge is 2.07. The summed E-state index contributed by atoms with van der Waals surface area (Å²) >= 11 is 3.28. The Hall–Kier alpha value is -0.550. The minimum atomic E-state index is 0.0533. The van der Waals surface area contributed by atoms with Crippen molar-refractivity contribution in [1.82, 2.24) is 9.78 Å². The first kappa shape index (κ1) is 8.55. The fourth-order valence-corrected chi connectivity index (χ4v) is 1.13. The zero-order valence-electron chi connectivity index (χ0n) is 6.21. The van der Waals surface area contributed by atoms with Gasteiger partial charge in [0.2, 0.25) is 0 Å². The molecule has 3 N–H and O–H groups in total. The molecule has 0 aliphatic heterocycles. The van der Waals surface area contributed by atoms with E-state index in [-0.39, 0.29) is 6.61 Å². The molecule has 0 saturated heterocycles. The zero-order valence-corrected chi connectivity index (χ0v) is 7.80. The minimum Gasteiger partial charge on any atom is -0.394 e. The molecule has 1 heterocycles. The van der Waals surface area contributed by atoms with E-state index in [4.69, 9.17) is 10.8 Å². The lowest BCUT2D eigenvalue weighted by Crippen LogP contribution is -2.07. The normalized spacial score (nSPS) is 10.5. The van der Waals surface area contributed by atoms with Crippen molar-refractivity contribution in [2.45, 2.75) is 13.5 Å². The number of nitrogens with zero attached hydrogens (tertiary/aromatic N) is 2. The van der Waals surface area contributed by atoms with Gasteiger partial charge in [-0.1, -0.05) is 0 Å². The Morgan fingerprint density at radius 1 is 1.73 bits per heavy atom. The van der Waals surface area contributed by atoms with Gasteiger partial charge in [-0.25, -0.2) is 4.68 Å². The van der Waals surface area contributed by atoms with Gasteiger partial charge in [-0.05, 0) is 22.9 Å². The molecule has 0 radical (unpaired) electrons. The summed E-state index contributed by atoms with van der Waals surface area (Å²) in [7, 11) is 0. The summed E-state index contributed by atoms with van der Waals surface area (Å²) in [6, 6.07) is 0. The van der Waals surface area contributed by atoms with Gasteiger partial charge in [0.25, 0.3) is 0 Å². The smallest absolute Gasteiger partial charge is 0.136 e.